The molecule has 0 radical (unpaired) electrons. The number of rotatable bonds is 16. The Labute approximate surface area is 138 Å². The summed E-state index contributed by atoms with van der Waals surface area (Å²) in [5, 5.41) is 27.0. The maximum Gasteiger partial charge on any atom is 0.277 e. The van der Waals surface area contributed by atoms with Gasteiger partial charge in [0, 0.05) is 5.92 Å². The minimum atomic E-state index is -2.50. The van der Waals surface area contributed by atoms with Gasteiger partial charge in [-0.3, -0.25) is 0 Å². The first kappa shape index (κ1) is 21.9. The van der Waals surface area contributed by atoms with E-state index in [0.29, 0.717) is 6.42 Å². The predicted molar refractivity (Wildman–Crippen MR) is 93.5 cm³/mol. The second-order valence-electron chi connectivity index (χ2n) is 6.97. The van der Waals surface area contributed by atoms with Gasteiger partial charge >= 0.3 is 0 Å². The van der Waals surface area contributed by atoms with Crippen molar-refractivity contribution >= 4 is 0 Å². The monoisotopic (exact) mass is 316 g/mol. The molecule has 0 aliphatic carbocycles. The van der Waals surface area contributed by atoms with E-state index in [2.05, 4.69) is 6.92 Å². The van der Waals surface area contributed by atoms with Crippen molar-refractivity contribution in [1.29, 1.82) is 0 Å². The van der Waals surface area contributed by atoms with Gasteiger partial charge in [-0.1, -0.05) is 104 Å². The molecular weight excluding hydrogens is 276 g/mol. The van der Waals surface area contributed by atoms with Crippen molar-refractivity contribution in [1.82, 2.24) is 0 Å². The summed E-state index contributed by atoms with van der Waals surface area (Å²) in [7, 11) is 0. The van der Waals surface area contributed by atoms with Crippen molar-refractivity contribution in [2.45, 2.75) is 116 Å². The summed E-state index contributed by atoms with van der Waals surface area (Å²) in [6.07, 6.45) is 19.1. The maximum absolute atomic E-state index is 9.00. The van der Waals surface area contributed by atoms with Gasteiger partial charge in [-0.05, 0) is 6.42 Å². The molecule has 134 valence electrons. The minimum absolute atomic E-state index is 0.468. The Morgan fingerprint density at radius 2 is 0.909 bits per heavy atom. The summed E-state index contributed by atoms with van der Waals surface area (Å²) in [6, 6.07) is 0. The van der Waals surface area contributed by atoms with Crippen molar-refractivity contribution in [2.24, 2.45) is 5.92 Å². The molecule has 1 unspecified atom stereocenters. The van der Waals surface area contributed by atoms with Crippen LogP contribution in [0.3, 0.4) is 0 Å². The van der Waals surface area contributed by atoms with E-state index in [1.807, 2.05) is 0 Å². The summed E-state index contributed by atoms with van der Waals surface area (Å²) in [4.78, 5) is 0. The third kappa shape index (κ3) is 14.8. The van der Waals surface area contributed by atoms with Crippen molar-refractivity contribution in [2.75, 3.05) is 0 Å². The smallest absolute Gasteiger partial charge is 0.277 e. The second-order valence-corrected chi connectivity index (χ2v) is 6.97. The fraction of sp³-hybridized carbons (Fsp3) is 1.00. The van der Waals surface area contributed by atoms with Crippen LogP contribution < -0.4 is 0 Å². The third-order valence-electron chi connectivity index (χ3n) is 4.65. The normalized spacial score (nSPS) is 13.5. The molecule has 0 aliphatic heterocycles. The van der Waals surface area contributed by atoms with E-state index in [1.165, 1.54) is 77.0 Å². The molecule has 0 saturated carbocycles. The standard InChI is InChI=1S/C19H40O3/c1-3-4-5-6-7-8-9-10-11-12-13-14-15-16-17-18(2)19(20,21)22/h18,20-22H,3-17H2,1-2H3. The minimum Gasteiger partial charge on any atom is -0.343 e. The number of hydrogen-bond acceptors (Lipinski definition) is 3. The molecule has 0 spiro atoms. The average Bonchev–Trinajstić information content (AvgIpc) is 2.46. The van der Waals surface area contributed by atoms with Gasteiger partial charge in [-0.25, -0.2) is 0 Å². The first-order valence-corrected chi connectivity index (χ1v) is 9.65. The molecule has 0 amide bonds. The summed E-state index contributed by atoms with van der Waals surface area (Å²) in [5.74, 6) is -2.97. The van der Waals surface area contributed by atoms with Gasteiger partial charge in [0.2, 0.25) is 0 Å². The topological polar surface area (TPSA) is 60.7 Å². The Morgan fingerprint density at radius 3 is 1.23 bits per heavy atom. The highest BCUT2D eigenvalue weighted by Crippen LogP contribution is 2.19. The van der Waals surface area contributed by atoms with E-state index < -0.39 is 11.9 Å². The third-order valence-corrected chi connectivity index (χ3v) is 4.65. The first-order chi connectivity index (χ1) is 10.5. The molecule has 0 saturated heterocycles. The Kier molecular flexibility index (Phi) is 14.4. The fourth-order valence-corrected chi connectivity index (χ4v) is 2.84. The molecule has 0 rings (SSSR count). The Morgan fingerprint density at radius 1 is 0.591 bits per heavy atom. The molecule has 0 aliphatic rings. The van der Waals surface area contributed by atoms with Crippen LogP contribution in [0.2, 0.25) is 0 Å². The van der Waals surface area contributed by atoms with E-state index in [0.717, 1.165) is 12.8 Å². The Bertz CT molecular complexity index is 223. The molecule has 3 heteroatoms. The van der Waals surface area contributed by atoms with Crippen LogP contribution >= 0.6 is 0 Å². The van der Waals surface area contributed by atoms with Gasteiger partial charge in [-0.2, -0.15) is 0 Å². The van der Waals surface area contributed by atoms with Crippen molar-refractivity contribution in [3.63, 3.8) is 0 Å². The average molecular weight is 317 g/mol. The van der Waals surface area contributed by atoms with E-state index in [9.17, 15) is 0 Å². The largest absolute Gasteiger partial charge is 0.343 e. The molecule has 0 aromatic heterocycles. The predicted octanol–water partition coefficient (Wildman–Crippen LogP) is 5.12. The Balaban J connectivity index is 3.12. The van der Waals surface area contributed by atoms with Gasteiger partial charge < -0.3 is 15.3 Å². The van der Waals surface area contributed by atoms with Crippen molar-refractivity contribution < 1.29 is 15.3 Å². The quantitative estimate of drug-likeness (QED) is 0.273. The summed E-state index contributed by atoms with van der Waals surface area (Å²) >= 11 is 0. The highest BCUT2D eigenvalue weighted by Gasteiger charge is 2.26. The van der Waals surface area contributed by atoms with Crippen LogP contribution in [0.1, 0.15) is 110 Å². The molecule has 22 heavy (non-hydrogen) atoms. The van der Waals surface area contributed by atoms with Gasteiger partial charge in [-0.15, -0.1) is 0 Å². The zero-order chi connectivity index (χ0) is 16.7. The van der Waals surface area contributed by atoms with Crippen LogP contribution in [-0.2, 0) is 0 Å². The van der Waals surface area contributed by atoms with Crippen LogP contribution in [0, 0.1) is 5.92 Å². The van der Waals surface area contributed by atoms with Crippen molar-refractivity contribution in [3.05, 3.63) is 0 Å². The van der Waals surface area contributed by atoms with Crippen LogP contribution in [0.15, 0.2) is 0 Å². The molecule has 0 fully saturated rings. The number of aliphatic hydroxyl groups is 3. The van der Waals surface area contributed by atoms with Gasteiger partial charge in [0.1, 0.15) is 0 Å². The summed E-state index contributed by atoms with van der Waals surface area (Å²) in [5.41, 5.74) is 0. The lowest BCUT2D eigenvalue weighted by Crippen LogP contribution is -2.35. The van der Waals surface area contributed by atoms with Crippen molar-refractivity contribution in [3.8, 4) is 0 Å². The molecule has 0 heterocycles. The summed E-state index contributed by atoms with van der Waals surface area (Å²) < 4.78 is 0. The van der Waals surface area contributed by atoms with Gasteiger partial charge in [0.15, 0.2) is 0 Å². The number of unbranched alkanes of at least 4 members (excludes halogenated alkanes) is 13. The SMILES string of the molecule is CCCCCCCCCCCCCCCCC(C)C(O)(O)O. The molecular formula is C19H40O3. The van der Waals surface area contributed by atoms with E-state index in [-0.39, 0.29) is 0 Å². The molecule has 0 aromatic rings. The summed E-state index contributed by atoms with van der Waals surface area (Å²) in [6.45, 7) is 3.93. The zero-order valence-electron chi connectivity index (χ0n) is 15.0. The van der Waals surface area contributed by atoms with Crippen LogP contribution in [0.4, 0.5) is 0 Å². The number of hydrogen-bond donors (Lipinski definition) is 3. The van der Waals surface area contributed by atoms with Crippen LogP contribution in [-0.4, -0.2) is 21.3 Å². The van der Waals surface area contributed by atoms with E-state index >= 15 is 0 Å². The maximum atomic E-state index is 9.00. The molecule has 1 atom stereocenters. The van der Waals surface area contributed by atoms with Crippen LogP contribution in [0.25, 0.3) is 0 Å². The lowest BCUT2D eigenvalue weighted by Gasteiger charge is -2.21. The lowest BCUT2D eigenvalue weighted by molar-refractivity contribution is -0.339. The first-order valence-electron chi connectivity index (χ1n) is 9.65. The molecule has 0 bridgehead atoms. The highest BCUT2D eigenvalue weighted by molar-refractivity contribution is 4.60. The molecule has 0 aromatic carbocycles. The molecule has 3 nitrogen and oxygen atoms in total. The highest BCUT2D eigenvalue weighted by atomic mass is 16.7. The Hall–Kier alpha value is -0.120. The lowest BCUT2D eigenvalue weighted by atomic mass is 9.99. The van der Waals surface area contributed by atoms with Gasteiger partial charge in [0.05, 0.1) is 0 Å². The fourth-order valence-electron chi connectivity index (χ4n) is 2.84. The molecule has 3 N–H and O–H groups in total. The van der Waals surface area contributed by atoms with E-state index in [1.54, 1.807) is 6.92 Å². The van der Waals surface area contributed by atoms with E-state index in [4.69, 9.17) is 15.3 Å². The zero-order valence-corrected chi connectivity index (χ0v) is 15.0. The van der Waals surface area contributed by atoms with Crippen LogP contribution in [0.5, 0.6) is 0 Å². The second kappa shape index (κ2) is 14.5. The van der Waals surface area contributed by atoms with Gasteiger partial charge in [0.25, 0.3) is 5.97 Å².